The van der Waals surface area contributed by atoms with Crippen molar-refractivity contribution in [3.8, 4) is 28.4 Å². The highest BCUT2D eigenvalue weighted by Gasteiger charge is 2.30. The van der Waals surface area contributed by atoms with Gasteiger partial charge in [0.15, 0.2) is 0 Å². The molecule has 6 rings (SSSR count). The molecule has 2 fully saturated rings. The second-order valence-corrected chi connectivity index (χ2v) is 10.6. The lowest BCUT2D eigenvalue weighted by molar-refractivity contribution is 0.0256. The maximum absolute atomic E-state index is 12.1. The van der Waals surface area contributed by atoms with Crippen LogP contribution < -0.4 is 10.1 Å². The molecular weight excluding hydrogens is 496 g/mol. The quantitative estimate of drug-likeness (QED) is 0.277. The number of carbonyl (C=O) groups excluding carboxylic acids is 1. The van der Waals surface area contributed by atoms with Crippen LogP contribution in [0.3, 0.4) is 0 Å². The standard InChI is InChI=1S/C30H34N4O5/c1-18(2)37-30(35)32-21-9-7-20(8-10-21)28-27(29-31-19(3)39-33-29)25-12-11-24(38-23-13-15-36-16-14-23)17-26(25)34(28)22-5-4-6-22/h7-12,17-18,22-23H,4-6,13-16H2,1-3H3,(H,32,35). The fourth-order valence-corrected chi connectivity index (χ4v) is 5.36. The molecule has 1 aliphatic heterocycles. The number of aryl methyl sites for hydroxylation is 1. The summed E-state index contributed by atoms with van der Waals surface area (Å²) in [5.74, 6) is 1.94. The van der Waals surface area contributed by atoms with Crippen LogP contribution in [-0.4, -0.2) is 46.2 Å². The normalized spacial score (nSPS) is 16.4. The Morgan fingerprint density at radius 3 is 2.49 bits per heavy atom. The highest BCUT2D eigenvalue weighted by atomic mass is 16.6. The maximum atomic E-state index is 12.1. The second kappa shape index (κ2) is 10.7. The van der Waals surface area contributed by atoms with E-state index in [0.29, 0.717) is 23.4 Å². The fourth-order valence-electron chi connectivity index (χ4n) is 5.36. The first-order valence-corrected chi connectivity index (χ1v) is 13.8. The first-order chi connectivity index (χ1) is 19.0. The van der Waals surface area contributed by atoms with Crippen LogP contribution in [0.1, 0.15) is 57.9 Å². The van der Waals surface area contributed by atoms with E-state index in [4.69, 9.17) is 18.7 Å². The number of fused-ring (bicyclic) bond motifs is 1. The van der Waals surface area contributed by atoms with E-state index in [1.165, 1.54) is 6.42 Å². The Balaban J connectivity index is 1.45. The van der Waals surface area contributed by atoms with Gasteiger partial charge >= 0.3 is 6.09 Å². The summed E-state index contributed by atoms with van der Waals surface area (Å²) in [5, 5.41) is 8.18. The zero-order chi connectivity index (χ0) is 26.9. The van der Waals surface area contributed by atoms with Gasteiger partial charge in [-0.05, 0) is 62.9 Å². The summed E-state index contributed by atoms with van der Waals surface area (Å²) in [4.78, 5) is 16.7. The van der Waals surface area contributed by atoms with Gasteiger partial charge in [-0.2, -0.15) is 4.98 Å². The molecule has 1 saturated carbocycles. The second-order valence-electron chi connectivity index (χ2n) is 10.6. The zero-order valence-electron chi connectivity index (χ0n) is 22.6. The van der Waals surface area contributed by atoms with Crippen molar-refractivity contribution in [1.82, 2.24) is 14.7 Å². The van der Waals surface area contributed by atoms with Crippen molar-refractivity contribution in [3.05, 3.63) is 48.4 Å². The molecule has 0 radical (unpaired) electrons. The van der Waals surface area contributed by atoms with Gasteiger partial charge < -0.3 is 23.3 Å². The Morgan fingerprint density at radius 2 is 1.85 bits per heavy atom. The van der Waals surface area contributed by atoms with Gasteiger partial charge in [-0.15, -0.1) is 0 Å². The first kappa shape index (κ1) is 25.4. The van der Waals surface area contributed by atoms with E-state index in [2.05, 4.69) is 32.2 Å². The van der Waals surface area contributed by atoms with Crippen LogP contribution in [0.5, 0.6) is 5.75 Å². The minimum absolute atomic E-state index is 0.157. The number of nitrogens with one attached hydrogen (secondary N) is 1. The molecule has 9 nitrogen and oxygen atoms in total. The van der Waals surface area contributed by atoms with Gasteiger partial charge in [0, 0.05) is 42.9 Å². The summed E-state index contributed by atoms with van der Waals surface area (Å²) < 4.78 is 25.0. The van der Waals surface area contributed by atoms with E-state index < -0.39 is 6.09 Å². The molecule has 2 aliphatic rings. The van der Waals surface area contributed by atoms with Crippen LogP contribution in [0.25, 0.3) is 33.5 Å². The largest absolute Gasteiger partial charge is 0.490 e. The molecule has 2 aromatic carbocycles. The average Bonchev–Trinajstić information content (AvgIpc) is 3.45. The Labute approximate surface area is 227 Å². The third-order valence-corrected chi connectivity index (χ3v) is 7.39. The van der Waals surface area contributed by atoms with Gasteiger partial charge in [0.1, 0.15) is 11.9 Å². The average molecular weight is 531 g/mol. The number of amides is 1. The molecule has 9 heteroatoms. The van der Waals surface area contributed by atoms with Gasteiger partial charge in [0.25, 0.3) is 0 Å². The van der Waals surface area contributed by atoms with E-state index in [0.717, 1.165) is 72.4 Å². The molecule has 0 atom stereocenters. The monoisotopic (exact) mass is 530 g/mol. The smallest absolute Gasteiger partial charge is 0.411 e. The van der Waals surface area contributed by atoms with Crippen molar-refractivity contribution in [2.45, 2.75) is 71.1 Å². The first-order valence-electron chi connectivity index (χ1n) is 13.8. The number of carbonyl (C=O) groups is 1. The SMILES string of the molecule is Cc1nc(-c2c(-c3ccc(NC(=O)OC(C)C)cc3)n(C3CCC3)c3cc(OC4CCOCC4)ccc23)no1. The number of aromatic nitrogens is 3. The van der Waals surface area contributed by atoms with Crippen molar-refractivity contribution in [2.75, 3.05) is 18.5 Å². The zero-order valence-corrected chi connectivity index (χ0v) is 22.6. The van der Waals surface area contributed by atoms with Gasteiger partial charge in [-0.25, -0.2) is 4.79 Å². The summed E-state index contributed by atoms with van der Waals surface area (Å²) in [7, 11) is 0. The van der Waals surface area contributed by atoms with E-state index in [9.17, 15) is 4.79 Å². The molecule has 2 aromatic heterocycles. The third kappa shape index (κ3) is 5.23. The van der Waals surface area contributed by atoms with Gasteiger partial charge in [0.2, 0.25) is 11.7 Å². The van der Waals surface area contributed by atoms with Crippen LogP contribution in [0.4, 0.5) is 10.5 Å². The molecule has 1 saturated heterocycles. The topological polar surface area (TPSA) is 101 Å². The molecule has 4 aromatic rings. The summed E-state index contributed by atoms with van der Waals surface area (Å²) in [6.45, 7) is 6.91. The van der Waals surface area contributed by atoms with Crippen LogP contribution in [0, 0.1) is 6.92 Å². The minimum Gasteiger partial charge on any atom is -0.490 e. The number of nitrogens with zero attached hydrogens (tertiary/aromatic N) is 3. The fraction of sp³-hybridized carbons (Fsp3) is 0.433. The minimum atomic E-state index is -0.471. The van der Waals surface area contributed by atoms with Crippen molar-refractivity contribution in [1.29, 1.82) is 0 Å². The maximum Gasteiger partial charge on any atom is 0.411 e. The molecule has 204 valence electrons. The van der Waals surface area contributed by atoms with Gasteiger partial charge in [0.05, 0.1) is 36.1 Å². The van der Waals surface area contributed by atoms with E-state index in [1.54, 1.807) is 6.92 Å². The van der Waals surface area contributed by atoms with Gasteiger partial charge in [-0.3, -0.25) is 5.32 Å². The molecule has 0 unspecified atom stereocenters. The summed E-state index contributed by atoms with van der Waals surface area (Å²) in [6.07, 6.45) is 4.69. The van der Waals surface area contributed by atoms with Crippen molar-refractivity contribution in [2.24, 2.45) is 0 Å². The van der Waals surface area contributed by atoms with Crippen LogP contribution in [-0.2, 0) is 9.47 Å². The van der Waals surface area contributed by atoms with Crippen LogP contribution in [0.15, 0.2) is 47.0 Å². The number of benzene rings is 2. The Hall–Kier alpha value is -3.85. The van der Waals surface area contributed by atoms with Gasteiger partial charge in [-0.1, -0.05) is 17.3 Å². The molecule has 0 bridgehead atoms. The molecule has 1 N–H and O–H groups in total. The summed E-state index contributed by atoms with van der Waals surface area (Å²) in [5.41, 5.74) is 4.74. The highest BCUT2D eigenvalue weighted by Crippen LogP contribution is 2.47. The predicted octanol–water partition coefficient (Wildman–Crippen LogP) is 6.91. The number of hydrogen-bond acceptors (Lipinski definition) is 7. The van der Waals surface area contributed by atoms with E-state index in [-0.39, 0.29) is 12.2 Å². The Morgan fingerprint density at radius 1 is 1.08 bits per heavy atom. The van der Waals surface area contributed by atoms with E-state index in [1.807, 2.05) is 44.2 Å². The van der Waals surface area contributed by atoms with Crippen LogP contribution in [0.2, 0.25) is 0 Å². The van der Waals surface area contributed by atoms with E-state index >= 15 is 0 Å². The third-order valence-electron chi connectivity index (χ3n) is 7.39. The molecular formula is C30H34N4O5. The van der Waals surface area contributed by atoms with Crippen molar-refractivity contribution >= 4 is 22.7 Å². The highest BCUT2D eigenvalue weighted by molar-refractivity contribution is 6.04. The lowest BCUT2D eigenvalue weighted by atomic mass is 9.92. The van der Waals surface area contributed by atoms with Crippen molar-refractivity contribution in [3.63, 3.8) is 0 Å². The Kier molecular flexibility index (Phi) is 6.99. The number of hydrogen-bond donors (Lipinski definition) is 1. The molecule has 1 amide bonds. The number of anilines is 1. The van der Waals surface area contributed by atoms with Crippen LogP contribution >= 0.6 is 0 Å². The number of ether oxygens (including phenoxy) is 3. The number of rotatable bonds is 7. The van der Waals surface area contributed by atoms with Crippen molar-refractivity contribution < 1.29 is 23.5 Å². The molecule has 39 heavy (non-hydrogen) atoms. The molecule has 1 aliphatic carbocycles. The summed E-state index contributed by atoms with van der Waals surface area (Å²) >= 11 is 0. The predicted molar refractivity (Wildman–Crippen MR) is 148 cm³/mol. The lowest BCUT2D eigenvalue weighted by Gasteiger charge is -2.30. The Bertz CT molecular complexity index is 1460. The molecule has 3 heterocycles. The molecule has 0 spiro atoms. The summed E-state index contributed by atoms with van der Waals surface area (Å²) in [6, 6.07) is 14.5. The lowest BCUT2D eigenvalue weighted by Crippen LogP contribution is -2.25.